The molecular formula is C10H18O3. The van der Waals surface area contributed by atoms with Crippen LogP contribution in [-0.4, -0.2) is 30.2 Å². The van der Waals surface area contributed by atoms with Gasteiger partial charge in [-0.15, -0.1) is 6.58 Å². The van der Waals surface area contributed by atoms with Crippen LogP contribution in [-0.2, 0) is 9.47 Å². The number of aliphatic hydroxyl groups is 1. The summed E-state index contributed by atoms with van der Waals surface area (Å²) in [5.74, 6) is -0.470. The number of aliphatic hydroxyl groups excluding tert-OH is 1. The highest BCUT2D eigenvalue weighted by Crippen LogP contribution is 2.25. The van der Waals surface area contributed by atoms with Crippen molar-refractivity contribution in [1.82, 2.24) is 0 Å². The second-order valence-electron chi connectivity index (χ2n) is 3.55. The van der Waals surface area contributed by atoms with Crippen molar-refractivity contribution in [2.24, 2.45) is 0 Å². The van der Waals surface area contributed by atoms with E-state index in [0.717, 1.165) is 6.42 Å². The Morgan fingerprint density at radius 3 is 2.69 bits per heavy atom. The Bertz CT molecular complexity index is 162. The Labute approximate surface area is 79.3 Å². The molecule has 1 fully saturated rings. The Hall–Kier alpha value is -0.380. The number of ether oxygens (including phenoxy) is 2. The Morgan fingerprint density at radius 1 is 1.54 bits per heavy atom. The highest BCUT2D eigenvalue weighted by atomic mass is 16.7. The van der Waals surface area contributed by atoms with E-state index in [0.29, 0.717) is 26.1 Å². The minimum absolute atomic E-state index is 0.317. The molecule has 1 rings (SSSR count). The van der Waals surface area contributed by atoms with E-state index in [1.165, 1.54) is 0 Å². The van der Waals surface area contributed by atoms with Crippen molar-refractivity contribution in [1.29, 1.82) is 0 Å². The van der Waals surface area contributed by atoms with E-state index in [9.17, 15) is 5.11 Å². The molecule has 13 heavy (non-hydrogen) atoms. The van der Waals surface area contributed by atoms with Crippen LogP contribution >= 0.6 is 0 Å². The van der Waals surface area contributed by atoms with Gasteiger partial charge in [-0.3, -0.25) is 0 Å². The molecule has 0 aromatic carbocycles. The maximum Gasteiger partial charge on any atom is 0.165 e. The van der Waals surface area contributed by atoms with Crippen molar-refractivity contribution < 1.29 is 14.6 Å². The summed E-state index contributed by atoms with van der Waals surface area (Å²) in [6, 6.07) is 0. The van der Waals surface area contributed by atoms with Gasteiger partial charge in [-0.25, -0.2) is 0 Å². The Balaban J connectivity index is 2.20. The molecule has 1 N–H and O–H groups in total. The average molecular weight is 186 g/mol. The molecule has 1 aliphatic heterocycles. The molecule has 0 radical (unpaired) electrons. The number of rotatable bonds is 5. The Kier molecular flexibility index (Phi) is 3.90. The zero-order valence-corrected chi connectivity index (χ0v) is 8.16. The van der Waals surface area contributed by atoms with Crippen LogP contribution in [0, 0.1) is 0 Å². The molecule has 0 aliphatic carbocycles. The highest BCUT2D eigenvalue weighted by Gasteiger charge is 2.30. The predicted octanol–water partition coefficient (Wildman–Crippen LogP) is 1.47. The fraction of sp³-hybridized carbons (Fsp3) is 0.800. The van der Waals surface area contributed by atoms with E-state index in [4.69, 9.17) is 9.47 Å². The van der Waals surface area contributed by atoms with Crippen LogP contribution in [0.4, 0.5) is 0 Å². The van der Waals surface area contributed by atoms with Crippen molar-refractivity contribution in [2.75, 3.05) is 13.2 Å². The molecule has 0 saturated carbocycles. The molecule has 1 heterocycles. The molecule has 3 nitrogen and oxygen atoms in total. The minimum atomic E-state index is -0.470. The third-order valence-electron chi connectivity index (χ3n) is 2.27. The van der Waals surface area contributed by atoms with Gasteiger partial charge >= 0.3 is 0 Å². The standard InChI is InChI=1S/C10H18O3/c1-3-4-9(11)5-6-10(2)12-7-8-13-10/h3,9,11H,1,4-8H2,2H3/t9-/m0/s1. The second kappa shape index (κ2) is 4.74. The van der Waals surface area contributed by atoms with E-state index in [1.54, 1.807) is 6.08 Å². The summed E-state index contributed by atoms with van der Waals surface area (Å²) in [5.41, 5.74) is 0. The lowest BCUT2D eigenvalue weighted by Gasteiger charge is -2.23. The van der Waals surface area contributed by atoms with Gasteiger partial charge in [0.2, 0.25) is 0 Å². The fourth-order valence-corrected chi connectivity index (χ4v) is 1.44. The SMILES string of the molecule is C=CC[C@H](O)CCC1(C)OCCO1. The predicted molar refractivity (Wildman–Crippen MR) is 50.4 cm³/mol. The molecule has 0 aromatic heterocycles. The summed E-state index contributed by atoms with van der Waals surface area (Å²) < 4.78 is 10.8. The summed E-state index contributed by atoms with van der Waals surface area (Å²) in [6.45, 7) is 6.81. The maximum atomic E-state index is 9.44. The molecule has 76 valence electrons. The smallest absolute Gasteiger partial charge is 0.165 e. The van der Waals surface area contributed by atoms with Crippen LogP contribution in [0.25, 0.3) is 0 Å². The summed E-state index contributed by atoms with van der Waals surface area (Å²) in [6.07, 6.45) is 3.48. The summed E-state index contributed by atoms with van der Waals surface area (Å²) in [4.78, 5) is 0. The first-order valence-corrected chi connectivity index (χ1v) is 4.73. The lowest BCUT2D eigenvalue weighted by Crippen LogP contribution is -2.27. The summed E-state index contributed by atoms with van der Waals surface area (Å²) in [7, 11) is 0. The van der Waals surface area contributed by atoms with Crippen molar-refractivity contribution in [3.05, 3.63) is 12.7 Å². The third kappa shape index (κ3) is 3.46. The van der Waals surface area contributed by atoms with Gasteiger partial charge in [0.05, 0.1) is 19.3 Å². The maximum absolute atomic E-state index is 9.44. The van der Waals surface area contributed by atoms with Crippen LogP contribution in [0.5, 0.6) is 0 Å². The molecule has 0 amide bonds. The topological polar surface area (TPSA) is 38.7 Å². The van der Waals surface area contributed by atoms with Crippen LogP contribution in [0.1, 0.15) is 26.2 Å². The van der Waals surface area contributed by atoms with Gasteiger partial charge in [0.15, 0.2) is 5.79 Å². The average Bonchev–Trinajstić information content (AvgIpc) is 2.51. The molecule has 0 bridgehead atoms. The van der Waals surface area contributed by atoms with Crippen molar-refractivity contribution in [3.8, 4) is 0 Å². The first-order valence-electron chi connectivity index (χ1n) is 4.73. The molecule has 1 atom stereocenters. The number of hydrogen-bond donors (Lipinski definition) is 1. The van der Waals surface area contributed by atoms with Gasteiger partial charge in [-0.2, -0.15) is 0 Å². The molecule has 0 unspecified atom stereocenters. The Morgan fingerprint density at radius 2 is 2.15 bits per heavy atom. The minimum Gasteiger partial charge on any atom is -0.393 e. The van der Waals surface area contributed by atoms with E-state index < -0.39 is 5.79 Å². The largest absolute Gasteiger partial charge is 0.393 e. The van der Waals surface area contributed by atoms with E-state index in [2.05, 4.69) is 6.58 Å². The molecule has 1 aliphatic rings. The summed E-state index contributed by atoms with van der Waals surface area (Å²) >= 11 is 0. The lowest BCUT2D eigenvalue weighted by atomic mass is 10.1. The highest BCUT2D eigenvalue weighted by molar-refractivity contribution is 4.75. The molecule has 1 saturated heterocycles. The number of hydrogen-bond acceptors (Lipinski definition) is 3. The van der Waals surface area contributed by atoms with Crippen LogP contribution in [0.2, 0.25) is 0 Å². The van der Waals surface area contributed by atoms with Gasteiger partial charge < -0.3 is 14.6 Å². The molecule has 0 aromatic rings. The van der Waals surface area contributed by atoms with E-state index in [-0.39, 0.29) is 6.10 Å². The van der Waals surface area contributed by atoms with Crippen LogP contribution in [0.3, 0.4) is 0 Å². The molecular weight excluding hydrogens is 168 g/mol. The molecule has 3 heteroatoms. The van der Waals surface area contributed by atoms with E-state index >= 15 is 0 Å². The van der Waals surface area contributed by atoms with Gasteiger partial charge in [0.1, 0.15) is 0 Å². The normalized spacial score (nSPS) is 22.9. The van der Waals surface area contributed by atoms with E-state index in [1.807, 2.05) is 6.92 Å². The summed E-state index contributed by atoms with van der Waals surface area (Å²) in [5, 5.41) is 9.44. The first kappa shape index (κ1) is 10.7. The second-order valence-corrected chi connectivity index (χ2v) is 3.55. The zero-order chi connectivity index (χ0) is 9.73. The van der Waals surface area contributed by atoms with Crippen molar-refractivity contribution in [2.45, 2.75) is 38.1 Å². The van der Waals surface area contributed by atoms with Crippen LogP contribution < -0.4 is 0 Å². The van der Waals surface area contributed by atoms with Gasteiger partial charge in [-0.05, 0) is 19.8 Å². The van der Waals surface area contributed by atoms with Gasteiger partial charge in [-0.1, -0.05) is 6.08 Å². The lowest BCUT2D eigenvalue weighted by molar-refractivity contribution is -0.150. The zero-order valence-electron chi connectivity index (χ0n) is 8.16. The van der Waals surface area contributed by atoms with Crippen molar-refractivity contribution >= 4 is 0 Å². The van der Waals surface area contributed by atoms with Crippen LogP contribution in [0.15, 0.2) is 12.7 Å². The van der Waals surface area contributed by atoms with Gasteiger partial charge in [0.25, 0.3) is 0 Å². The van der Waals surface area contributed by atoms with Crippen molar-refractivity contribution in [3.63, 3.8) is 0 Å². The fourth-order valence-electron chi connectivity index (χ4n) is 1.44. The molecule has 0 spiro atoms. The monoisotopic (exact) mass is 186 g/mol. The van der Waals surface area contributed by atoms with Gasteiger partial charge in [0, 0.05) is 6.42 Å². The first-order chi connectivity index (χ1) is 6.16. The quantitative estimate of drug-likeness (QED) is 0.661. The third-order valence-corrected chi connectivity index (χ3v) is 2.27.